The van der Waals surface area contributed by atoms with Gasteiger partial charge in [-0.25, -0.2) is 5.01 Å². The van der Waals surface area contributed by atoms with Crippen LogP contribution in [-0.4, -0.2) is 23.6 Å². The second-order valence-electron chi connectivity index (χ2n) is 4.33. The van der Waals surface area contributed by atoms with Crippen LogP contribution in [0.1, 0.15) is 40.0 Å². The minimum Gasteiger partial charge on any atom is -0.251 e. The van der Waals surface area contributed by atoms with Gasteiger partial charge in [-0.2, -0.15) is 0 Å². The zero-order valence-electron chi connectivity index (χ0n) is 9.14. The smallest absolute Gasteiger partial charge is 0.0307 e. The zero-order chi connectivity index (χ0) is 9.84. The molecule has 1 fully saturated rings. The van der Waals surface area contributed by atoms with Crippen molar-refractivity contribution in [3.05, 3.63) is 12.2 Å². The molecule has 0 aromatic carbocycles. The van der Waals surface area contributed by atoms with Gasteiger partial charge < -0.3 is 0 Å². The fourth-order valence-corrected chi connectivity index (χ4v) is 1.96. The number of nitrogens with one attached hydrogen (secondary N) is 1. The van der Waals surface area contributed by atoms with Gasteiger partial charge in [0.1, 0.15) is 0 Å². The minimum atomic E-state index is 0.670. The van der Waals surface area contributed by atoms with Crippen molar-refractivity contribution < 1.29 is 0 Å². The maximum Gasteiger partial charge on any atom is 0.0307 e. The van der Waals surface area contributed by atoms with E-state index in [1.807, 2.05) is 0 Å². The number of rotatable bonds is 3. The fourth-order valence-electron chi connectivity index (χ4n) is 1.96. The van der Waals surface area contributed by atoms with Crippen LogP contribution in [0.3, 0.4) is 0 Å². The number of hydrogen-bond acceptors (Lipinski definition) is 2. The summed E-state index contributed by atoms with van der Waals surface area (Å²) in [7, 11) is 0. The van der Waals surface area contributed by atoms with Gasteiger partial charge in [0.05, 0.1) is 0 Å². The quantitative estimate of drug-likeness (QED) is 0.674. The number of hydrazine groups is 1. The van der Waals surface area contributed by atoms with E-state index < -0.39 is 0 Å². The summed E-state index contributed by atoms with van der Waals surface area (Å²) in [5.41, 5.74) is 4.65. The molecule has 0 amide bonds. The molecule has 0 saturated carbocycles. The molecule has 0 aromatic heterocycles. The average Bonchev–Trinajstić information content (AvgIpc) is 2.03. The second-order valence-corrected chi connectivity index (χ2v) is 4.33. The Morgan fingerprint density at radius 3 is 2.38 bits per heavy atom. The van der Waals surface area contributed by atoms with Crippen molar-refractivity contribution in [2.45, 2.75) is 52.1 Å². The van der Waals surface area contributed by atoms with Crippen molar-refractivity contribution in [2.24, 2.45) is 0 Å². The highest BCUT2D eigenvalue weighted by atomic mass is 15.5. The van der Waals surface area contributed by atoms with Crippen LogP contribution in [0.2, 0.25) is 0 Å². The standard InChI is InChI=1S/C11H22N2/c1-9(2)8-12-13-10(3)6-5-7-11(13)4/h10-12H,1,5-8H2,2-4H3. The van der Waals surface area contributed by atoms with Gasteiger partial charge in [0.15, 0.2) is 0 Å². The SMILES string of the molecule is C=C(C)CNN1C(C)CCCC1C. The summed E-state index contributed by atoms with van der Waals surface area (Å²) in [4.78, 5) is 0. The van der Waals surface area contributed by atoms with Crippen LogP contribution in [-0.2, 0) is 0 Å². The Labute approximate surface area is 82.0 Å². The maximum atomic E-state index is 3.90. The summed E-state index contributed by atoms with van der Waals surface area (Å²) in [6.07, 6.45) is 3.99. The van der Waals surface area contributed by atoms with E-state index in [4.69, 9.17) is 0 Å². The maximum absolute atomic E-state index is 3.90. The van der Waals surface area contributed by atoms with E-state index in [1.54, 1.807) is 0 Å². The van der Waals surface area contributed by atoms with E-state index in [9.17, 15) is 0 Å². The summed E-state index contributed by atoms with van der Waals surface area (Å²) >= 11 is 0. The molecule has 0 aliphatic carbocycles. The van der Waals surface area contributed by atoms with Gasteiger partial charge in [-0.3, -0.25) is 5.43 Å². The Kier molecular flexibility index (Phi) is 3.94. The number of hydrogen-bond donors (Lipinski definition) is 1. The summed E-state index contributed by atoms with van der Waals surface area (Å²) in [5.74, 6) is 0. The summed E-state index contributed by atoms with van der Waals surface area (Å²) in [6.45, 7) is 11.5. The highest BCUT2D eigenvalue weighted by Gasteiger charge is 2.23. The molecule has 1 N–H and O–H groups in total. The van der Waals surface area contributed by atoms with E-state index >= 15 is 0 Å². The Morgan fingerprint density at radius 1 is 1.38 bits per heavy atom. The van der Waals surface area contributed by atoms with Crippen LogP contribution in [0, 0.1) is 0 Å². The van der Waals surface area contributed by atoms with Gasteiger partial charge >= 0.3 is 0 Å². The van der Waals surface area contributed by atoms with Crippen molar-refractivity contribution in [2.75, 3.05) is 6.54 Å². The predicted molar refractivity (Wildman–Crippen MR) is 57.4 cm³/mol. The van der Waals surface area contributed by atoms with Crippen molar-refractivity contribution in [3.8, 4) is 0 Å². The van der Waals surface area contributed by atoms with Crippen LogP contribution in [0.15, 0.2) is 12.2 Å². The zero-order valence-corrected chi connectivity index (χ0v) is 9.14. The van der Waals surface area contributed by atoms with Crippen LogP contribution >= 0.6 is 0 Å². The van der Waals surface area contributed by atoms with E-state index in [0.717, 1.165) is 6.54 Å². The predicted octanol–water partition coefficient (Wildman–Crippen LogP) is 2.33. The largest absolute Gasteiger partial charge is 0.251 e. The number of nitrogens with zero attached hydrogens (tertiary/aromatic N) is 1. The molecular weight excluding hydrogens is 160 g/mol. The van der Waals surface area contributed by atoms with Gasteiger partial charge in [0.2, 0.25) is 0 Å². The lowest BCUT2D eigenvalue weighted by molar-refractivity contribution is 0.0504. The van der Waals surface area contributed by atoms with E-state index in [1.165, 1.54) is 24.8 Å². The summed E-state index contributed by atoms with van der Waals surface area (Å²) < 4.78 is 0. The van der Waals surface area contributed by atoms with Crippen LogP contribution < -0.4 is 5.43 Å². The molecule has 2 atom stereocenters. The Balaban J connectivity index is 2.39. The number of piperidine rings is 1. The molecule has 2 unspecified atom stereocenters. The normalized spacial score (nSPS) is 30.4. The van der Waals surface area contributed by atoms with E-state index in [-0.39, 0.29) is 0 Å². The van der Waals surface area contributed by atoms with Gasteiger partial charge in [0.25, 0.3) is 0 Å². The fraction of sp³-hybridized carbons (Fsp3) is 0.818. The summed E-state index contributed by atoms with van der Waals surface area (Å²) in [6, 6.07) is 1.34. The first-order valence-electron chi connectivity index (χ1n) is 5.27. The van der Waals surface area contributed by atoms with Gasteiger partial charge in [0, 0.05) is 18.6 Å². The second kappa shape index (κ2) is 4.77. The van der Waals surface area contributed by atoms with Crippen molar-refractivity contribution in [1.82, 2.24) is 10.4 Å². The molecule has 76 valence electrons. The van der Waals surface area contributed by atoms with Crippen LogP contribution in [0.4, 0.5) is 0 Å². The molecule has 2 nitrogen and oxygen atoms in total. The van der Waals surface area contributed by atoms with Crippen molar-refractivity contribution in [1.29, 1.82) is 0 Å². The molecule has 1 aliphatic heterocycles. The molecule has 1 saturated heterocycles. The molecule has 0 spiro atoms. The molecule has 2 heteroatoms. The highest BCUT2D eigenvalue weighted by Crippen LogP contribution is 2.19. The molecule has 0 bridgehead atoms. The topological polar surface area (TPSA) is 15.3 Å². The monoisotopic (exact) mass is 182 g/mol. The van der Waals surface area contributed by atoms with Gasteiger partial charge in [-0.1, -0.05) is 18.6 Å². The lowest BCUT2D eigenvalue weighted by atomic mass is 10.00. The van der Waals surface area contributed by atoms with Gasteiger partial charge in [-0.05, 0) is 33.6 Å². The Morgan fingerprint density at radius 2 is 1.92 bits per heavy atom. The first kappa shape index (κ1) is 10.7. The van der Waals surface area contributed by atoms with E-state index in [2.05, 4.69) is 37.8 Å². The molecular formula is C11H22N2. The van der Waals surface area contributed by atoms with Crippen LogP contribution in [0.25, 0.3) is 0 Å². The molecule has 0 radical (unpaired) electrons. The molecule has 0 aromatic rings. The lowest BCUT2D eigenvalue weighted by Gasteiger charge is -2.39. The van der Waals surface area contributed by atoms with Crippen molar-refractivity contribution in [3.63, 3.8) is 0 Å². The third-order valence-electron chi connectivity index (χ3n) is 2.76. The minimum absolute atomic E-state index is 0.670. The lowest BCUT2D eigenvalue weighted by Crippen LogP contribution is -2.52. The highest BCUT2D eigenvalue weighted by molar-refractivity contribution is 4.91. The Hall–Kier alpha value is -0.340. The van der Waals surface area contributed by atoms with Crippen LogP contribution in [0.5, 0.6) is 0 Å². The van der Waals surface area contributed by atoms with Gasteiger partial charge in [-0.15, -0.1) is 0 Å². The molecule has 1 aliphatic rings. The third kappa shape index (κ3) is 3.12. The molecule has 13 heavy (non-hydrogen) atoms. The van der Waals surface area contributed by atoms with Crippen molar-refractivity contribution >= 4 is 0 Å². The third-order valence-corrected chi connectivity index (χ3v) is 2.76. The average molecular weight is 182 g/mol. The summed E-state index contributed by atoms with van der Waals surface area (Å²) in [5, 5.41) is 2.39. The molecule has 1 heterocycles. The first-order valence-corrected chi connectivity index (χ1v) is 5.27. The van der Waals surface area contributed by atoms with E-state index in [0.29, 0.717) is 12.1 Å². The Bertz CT molecular complexity index is 167. The molecule has 1 rings (SSSR count). The first-order chi connectivity index (χ1) is 6.11.